The molecule has 0 aliphatic rings. The van der Waals surface area contributed by atoms with Gasteiger partial charge in [-0.15, -0.1) is 12.8 Å². The van der Waals surface area contributed by atoms with E-state index in [1.165, 1.54) is 6.92 Å². The first-order chi connectivity index (χ1) is 4.54. The minimum Gasteiger partial charge on any atom is -0.381 e. The molecule has 0 fully saturated rings. The van der Waals surface area contributed by atoms with Crippen LogP contribution < -0.4 is 0 Å². The fourth-order valence-corrected chi connectivity index (χ4v) is 0. The molecule has 1 unspecified atom stereocenters. The molecule has 0 rings (SSSR count). The fraction of sp³-hybridized carbons (Fsp3) is 0.375. The maximum absolute atomic E-state index is 9.58. The van der Waals surface area contributed by atoms with Crippen molar-refractivity contribution in [3.05, 3.63) is 0 Å². The summed E-state index contributed by atoms with van der Waals surface area (Å²) in [4.78, 5) is 9.58. The quantitative estimate of drug-likeness (QED) is 0.384. The SMILES string of the molecule is C#CC(C)=O.C#CC(C)O. The van der Waals surface area contributed by atoms with Gasteiger partial charge in [-0.25, -0.2) is 0 Å². The van der Waals surface area contributed by atoms with E-state index in [9.17, 15) is 4.79 Å². The predicted molar refractivity (Wildman–Crippen MR) is 40.0 cm³/mol. The minimum absolute atomic E-state index is 0.218. The number of hydrogen-bond donors (Lipinski definition) is 1. The minimum atomic E-state index is -0.588. The van der Waals surface area contributed by atoms with Crippen LogP contribution in [0, 0.1) is 24.7 Å². The summed E-state index contributed by atoms with van der Waals surface area (Å²) in [6, 6.07) is 0. The van der Waals surface area contributed by atoms with Gasteiger partial charge in [-0.2, -0.15) is 0 Å². The second kappa shape index (κ2) is 7.75. The Hall–Kier alpha value is -1.25. The van der Waals surface area contributed by atoms with Crippen LogP contribution >= 0.6 is 0 Å². The lowest BCUT2D eigenvalue weighted by molar-refractivity contribution is -0.111. The molecule has 0 spiro atoms. The van der Waals surface area contributed by atoms with Crippen LogP contribution in [0.4, 0.5) is 0 Å². The van der Waals surface area contributed by atoms with Gasteiger partial charge in [0.25, 0.3) is 0 Å². The number of rotatable bonds is 0. The van der Waals surface area contributed by atoms with Crippen molar-refractivity contribution in [1.29, 1.82) is 0 Å². The van der Waals surface area contributed by atoms with Crippen molar-refractivity contribution in [3.8, 4) is 24.7 Å². The van der Waals surface area contributed by atoms with Gasteiger partial charge in [0.1, 0.15) is 6.10 Å². The van der Waals surface area contributed by atoms with Gasteiger partial charge in [-0.3, -0.25) is 4.79 Å². The van der Waals surface area contributed by atoms with Crippen LogP contribution in [-0.2, 0) is 4.79 Å². The Bertz CT molecular complexity index is 167. The Morgan fingerprint density at radius 3 is 1.80 bits per heavy atom. The largest absolute Gasteiger partial charge is 0.381 e. The number of terminal acetylenes is 2. The molecule has 0 saturated heterocycles. The van der Waals surface area contributed by atoms with Gasteiger partial charge in [-0.1, -0.05) is 5.92 Å². The Kier molecular flexibility index (Phi) is 8.94. The first kappa shape index (κ1) is 11.5. The number of hydrogen-bond acceptors (Lipinski definition) is 2. The number of carbonyl (C=O) groups excluding carboxylic acids is 1. The highest BCUT2D eigenvalue weighted by Gasteiger charge is 1.75. The van der Waals surface area contributed by atoms with Gasteiger partial charge in [0.2, 0.25) is 5.78 Å². The van der Waals surface area contributed by atoms with Gasteiger partial charge in [0, 0.05) is 6.92 Å². The topological polar surface area (TPSA) is 37.3 Å². The molecule has 2 nitrogen and oxygen atoms in total. The zero-order chi connectivity index (χ0) is 8.57. The third-order valence-electron chi connectivity index (χ3n) is 0.444. The van der Waals surface area contributed by atoms with Crippen molar-refractivity contribution in [3.63, 3.8) is 0 Å². The molecule has 0 aromatic heterocycles. The molecule has 0 aliphatic carbocycles. The van der Waals surface area contributed by atoms with E-state index >= 15 is 0 Å². The molecule has 0 heterocycles. The first-order valence-corrected chi connectivity index (χ1v) is 2.66. The molecule has 0 saturated carbocycles. The van der Waals surface area contributed by atoms with Crippen molar-refractivity contribution in [2.24, 2.45) is 0 Å². The number of Topliss-reactive ketones (excluding diaryl/α,β-unsaturated/α-hetero) is 1. The van der Waals surface area contributed by atoms with E-state index in [0.717, 1.165) is 0 Å². The maximum atomic E-state index is 9.58. The molecule has 0 aromatic rings. The molecule has 1 atom stereocenters. The van der Waals surface area contributed by atoms with Crippen LogP contribution in [0.15, 0.2) is 0 Å². The van der Waals surface area contributed by atoms with Gasteiger partial charge in [-0.05, 0) is 12.8 Å². The highest BCUT2D eigenvalue weighted by molar-refractivity contribution is 5.92. The summed E-state index contributed by atoms with van der Waals surface area (Å²) in [6.45, 7) is 2.89. The third-order valence-corrected chi connectivity index (χ3v) is 0.444. The van der Waals surface area contributed by atoms with Crippen molar-refractivity contribution in [2.75, 3.05) is 0 Å². The Balaban J connectivity index is 0. The molecular formula is C8H10O2. The molecule has 10 heavy (non-hydrogen) atoms. The van der Waals surface area contributed by atoms with E-state index in [1.54, 1.807) is 6.92 Å². The Morgan fingerprint density at radius 2 is 1.80 bits per heavy atom. The average molecular weight is 138 g/mol. The summed E-state index contributed by atoms with van der Waals surface area (Å²) < 4.78 is 0. The summed E-state index contributed by atoms with van der Waals surface area (Å²) in [6.07, 6.45) is 8.66. The Labute approximate surface area is 61.3 Å². The second-order valence-electron chi connectivity index (χ2n) is 1.54. The summed E-state index contributed by atoms with van der Waals surface area (Å²) in [5.41, 5.74) is 0. The van der Waals surface area contributed by atoms with E-state index < -0.39 is 6.10 Å². The fourth-order valence-electron chi connectivity index (χ4n) is 0. The van der Waals surface area contributed by atoms with E-state index in [0.29, 0.717) is 0 Å². The van der Waals surface area contributed by atoms with Gasteiger partial charge in [0.15, 0.2) is 0 Å². The van der Waals surface area contributed by atoms with Crippen LogP contribution in [0.3, 0.4) is 0 Å². The monoisotopic (exact) mass is 138 g/mol. The third kappa shape index (κ3) is 29.5. The number of aliphatic hydroxyl groups excluding tert-OH is 1. The summed E-state index contributed by atoms with van der Waals surface area (Å²) >= 11 is 0. The van der Waals surface area contributed by atoms with Crippen LogP contribution in [0.1, 0.15) is 13.8 Å². The highest BCUT2D eigenvalue weighted by Crippen LogP contribution is 1.66. The maximum Gasteiger partial charge on any atom is 0.202 e. The number of ketones is 1. The molecule has 0 aromatic carbocycles. The molecule has 0 aliphatic heterocycles. The summed E-state index contributed by atoms with van der Waals surface area (Å²) in [7, 11) is 0. The zero-order valence-corrected chi connectivity index (χ0v) is 6.09. The van der Waals surface area contributed by atoms with E-state index in [1.807, 2.05) is 5.92 Å². The molecule has 0 bridgehead atoms. The Morgan fingerprint density at radius 1 is 1.60 bits per heavy atom. The van der Waals surface area contributed by atoms with Gasteiger partial charge >= 0.3 is 0 Å². The molecular weight excluding hydrogens is 128 g/mol. The summed E-state index contributed by atoms with van der Waals surface area (Å²) in [5, 5.41) is 8.12. The molecule has 1 N–H and O–H groups in total. The average Bonchev–Trinajstić information content (AvgIpc) is 1.89. The van der Waals surface area contributed by atoms with Crippen molar-refractivity contribution in [1.82, 2.24) is 0 Å². The normalized spacial score (nSPS) is 9.30. The molecule has 2 heteroatoms. The van der Waals surface area contributed by atoms with E-state index in [-0.39, 0.29) is 5.78 Å². The van der Waals surface area contributed by atoms with Crippen molar-refractivity contribution in [2.45, 2.75) is 20.0 Å². The lowest BCUT2D eigenvalue weighted by Gasteiger charge is -1.80. The van der Waals surface area contributed by atoms with E-state index in [2.05, 4.69) is 18.8 Å². The van der Waals surface area contributed by atoms with Crippen molar-refractivity contribution < 1.29 is 9.90 Å². The van der Waals surface area contributed by atoms with Crippen LogP contribution in [0.2, 0.25) is 0 Å². The summed E-state index contributed by atoms with van der Waals surface area (Å²) in [5.74, 6) is 3.75. The van der Waals surface area contributed by atoms with Gasteiger partial charge in [0.05, 0.1) is 0 Å². The lowest BCUT2D eigenvalue weighted by Crippen LogP contribution is -1.90. The smallest absolute Gasteiger partial charge is 0.202 e. The predicted octanol–water partition coefficient (Wildman–Crippen LogP) is 0.209. The number of carbonyl (C=O) groups is 1. The lowest BCUT2D eigenvalue weighted by atomic mass is 10.4. The first-order valence-electron chi connectivity index (χ1n) is 2.66. The van der Waals surface area contributed by atoms with Gasteiger partial charge < -0.3 is 5.11 Å². The zero-order valence-electron chi connectivity index (χ0n) is 6.09. The second-order valence-corrected chi connectivity index (χ2v) is 1.54. The molecule has 54 valence electrons. The van der Waals surface area contributed by atoms with E-state index in [4.69, 9.17) is 5.11 Å². The van der Waals surface area contributed by atoms with Crippen LogP contribution in [0.25, 0.3) is 0 Å². The molecule has 0 amide bonds. The molecule has 0 radical (unpaired) electrons. The van der Waals surface area contributed by atoms with Crippen molar-refractivity contribution >= 4 is 5.78 Å². The van der Waals surface area contributed by atoms with Crippen LogP contribution in [0.5, 0.6) is 0 Å². The van der Waals surface area contributed by atoms with Crippen LogP contribution in [-0.4, -0.2) is 17.0 Å². The standard InChI is InChI=1S/C4H6O.C4H4O/c2*1-3-4(2)5/h1,4-5H,2H3;1H,2H3. The number of aliphatic hydroxyl groups is 1. The highest BCUT2D eigenvalue weighted by atomic mass is 16.3.